The SMILES string of the molecule is CC(C)CN=C(NC(=O)C1CCC(O)CC1)NC1NNC2CC(Cl)CCC21. The van der Waals surface area contributed by atoms with Crippen molar-refractivity contribution >= 4 is 23.5 Å². The van der Waals surface area contributed by atoms with Gasteiger partial charge in [-0.25, -0.2) is 5.43 Å². The summed E-state index contributed by atoms with van der Waals surface area (Å²) in [5.74, 6) is 1.34. The van der Waals surface area contributed by atoms with Crippen LogP contribution in [0, 0.1) is 17.8 Å². The van der Waals surface area contributed by atoms with Crippen molar-refractivity contribution < 1.29 is 9.90 Å². The summed E-state index contributed by atoms with van der Waals surface area (Å²) in [5.41, 5.74) is 6.65. The Bertz CT molecular complexity index is 536. The number of aliphatic hydroxyl groups is 1. The zero-order valence-electron chi connectivity index (χ0n) is 16.4. The highest BCUT2D eigenvalue weighted by Gasteiger charge is 2.40. The molecule has 0 bridgehead atoms. The molecule has 154 valence electrons. The van der Waals surface area contributed by atoms with Crippen LogP contribution < -0.4 is 21.5 Å². The van der Waals surface area contributed by atoms with Gasteiger partial charge in [0.1, 0.15) is 0 Å². The van der Waals surface area contributed by atoms with Crippen molar-refractivity contribution in [2.45, 2.75) is 82.5 Å². The molecular formula is C19H34ClN5O2. The number of halogens is 1. The molecule has 0 aromatic heterocycles. The summed E-state index contributed by atoms with van der Waals surface area (Å²) in [5, 5.41) is 16.3. The van der Waals surface area contributed by atoms with Gasteiger partial charge < -0.3 is 10.4 Å². The molecular weight excluding hydrogens is 366 g/mol. The van der Waals surface area contributed by atoms with Crippen molar-refractivity contribution in [2.24, 2.45) is 22.7 Å². The summed E-state index contributed by atoms with van der Waals surface area (Å²) in [7, 11) is 0. The Morgan fingerprint density at radius 2 is 1.93 bits per heavy atom. The number of nitrogens with one attached hydrogen (secondary N) is 4. The summed E-state index contributed by atoms with van der Waals surface area (Å²) in [6, 6.07) is 0.348. The number of carbonyl (C=O) groups excluding carboxylic acids is 1. The fourth-order valence-corrected chi connectivity index (χ4v) is 4.57. The van der Waals surface area contributed by atoms with Crippen LogP contribution in [0.25, 0.3) is 0 Å². The largest absolute Gasteiger partial charge is 0.393 e. The third-order valence-corrected chi connectivity index (χ3v) is 6.30. The van der Waals surface area contributed by atoms with E-state index in [1.807, 2.05) is 0 Å². The molecule has 0 radical (unpaired) electrons. The minimum Gasteiger partial charge on any atom is -0.393 e. The lowest BCUT2D eigenvalue weighted by atomic mass is 9.84. The molecule has 27 heavy (non-hydrogen) atoms. The first kappa shape index (κ1) is 20.8. The maximum absolute atomic E-state index is 12.7. The number of amides is 1. The Kier molecular flexibility index (Phi) is 7.36. The molecule has 4 atom stereocenters. The molecule has 3 rings (SSSR count). The highest BCUT2D eigenvalue weighted by Crippen LogP contribution is 2.32. The van der Waals surface area contributed by atoms with Crippen LogP contribution in [0.2, 0.25) is 0 Å². The van der Waals surface area contributed by atoms with Gasteiger partial charge >= 0.3 is 0 Å². The van der Waals surface area contributed by atoms with Crippen LogP contribution >= 0.6 is 11.6 Å². The Balaban J connectivity index is 1.60. The van der Waals surface area contributed by atoms with Gasteiger partial charge in [-0.2, -0.15) is 0 Å². The van der Waals surface area contributed by atoms with Crippen molar-refractivity contribution in [2.75, 3.05) is 6.54 Å². The smallest absolute Gasteiger partial charge is 0.229 e. The van der Waals surface area contributed by atoms with E-state index in [1.165, 1.54) is 0 Å². The Morgan fingerprint density at radius 3 is 2.63 bits per heavy atom. The number of fused-ring (bicyclic) bond motifs is 1. The van der Waals surface area contributed by atoms with Gasteiger partial charge in [0.15, 0.2) is 5.96 Å². The monoisotopic (exact) mass is 399 g/mol. The fraction of sp³-hybridized carbons (Fsp3) is 0.895. The highest BCUT2D eigenvalue weighted by molar-refractivity contribution is 6.20. The molecule has 8 heteroatoms. The van der Waals surface area contributed by atoms with Crippen LogP contribution in [0.3, 0.4) is 0 Å². The Labute approximate surface area is 167 Å². The molecule has 3 fully saturated rings. The van der Waals surface area contributed by atoms with Gasteiger partial charge in [-0.15, -0.1) is 11.6 Å². The summed E-state index contributed by atoms with van der Waals surface area (Å²) in [6.07, 6.45) is 5.63. The van der Waals surface area contributed by atoms with E-state index in [-0.39, 0.29) is 29.5 Å². The number of hydrogen-bond acceptors (Lipinski definition) is 5. The molecule has 1 aliphatic heterocycles. The van der Waals surface area contributed by atoms with Crippen molar-refractivity contribution in [3.63, 3.8) is 0 Å². The molecule has 3 aliphatic rings. The average molecular weight is 400 g/mol. The lowest BCUT2D eigenvalue weighted by Gasteiger charge is -2.31. The number of aliphatic hydroxyl groups excluding tert-OH is 1. The molecule has 7 nitrogen and oxygen atoms in total. The Hall–Kier alpha value is -0.890. The summed E-state index contributed by atoms with van der Waals surface area (Å²) in [4.78, 5) is 17.3. The summed E-state index contributed by atoms with van der Waals surface area (Å²) < 4.78 is 0. The Morgan fingerprint density at radius 1 is 1.19 bits per heavy atom. The summed E-state index contributed by atoms with van der Waals surface area (Å²) >= 11 is 6.30. The van der Waals surface area contributed by atoms with Crippen LogP contribution in [0.1, 0.15) is 58.8 Å². The van der Waals surface area contributed by atoms with E-state index in [0.29, 0.717) is 43.2 Å². The van der Waals surface area contributed by atoms with Crippen LogP contribution in [0.15, 0.2) is 4.99 Å². The van der Waals surface area contributed by atoms with Crippen molar-refractivity contribution in [1.82, 2.24) is 21.5 Å². The van der Waals surface area contributed by atoms with Crippen molar-refractivity contribution in [1.29, 1.82) is 0 Å². The molecule has 0 aromatic rings. The van der Waals surface area contributed by atoms with E-state index in [0.717, 1.165) is 32.1 Å². The molecule has 1 amide bonds. The number of carbonyl (C=O) groups is 1. The minimum absolute atomic E-state index is 0.00359. The number of rotatable bonds is 4. The lowest BCUT2D eigenvalue weighted by molar-refractivity contribution is -0.125. The number of hydrazine groups is 1. The zero-order valence-corrected chi connectivity index (χ0v) is 17.1. The fourth-order valence-electron chi connectivity index (χ4n) is 4.25. The van der Waals surface area contributed by atoms with Gasteiger partial charge in [0, 0.05) is 29.8 Å². The van der Waals surface area contributed by atoms with Crippen molar-refractivity contribution in [3.8, 4) is 0 Å². The van der Waals surface area contributed by atoms with E-state index in [9.17, 15) is 9.90 Å². The highest BCUT2D eigenvalue weighted by atomic mass is 35.5. The molecule has 2 aliphatic carbocycles. The number of hydrogen-bond donors (Lipinski definition) is 5. The van der Waals surface area contributed by atoms with Gasteiger partial charge in [-0.1, -0.05) is 13.8 Å². The maximum Gasteiger partial charge on any atom is 0.229 e. The number of guanidine groups is 1. The number of alkyl halides is 1. The second kappa shape index (κ2) is 9.54. The standard InChI is InChI=1S/C19H34ClN5O2/c1-11(2)10-21-19(23-18(27)12-3-6-14(26)7-4-12)22-17-15-8-5-13(20)9-16(15)24-25-17/h11-17,24-26H,3-10H2,1-2H3,(H2,21,22,23,27). The number of aliphatic imine (C=N–C) groups is 1. The molecule has 1 heterocycles. The predicted molar refractivity (Wildman–Crippen MR) is 107 cm³/mol. The first-order chi connectivity index (χ1) is 12.9. The van der Waals surface area contributed by atoms with Gasteiger partial charge in [-0.05, 0) is 50.9 Å². The van der Waals surface area contributed by atoms with Gasteiger partial charge in [0.25, 0.3) is 0 Å². The first-order valence-corrected chi connectivity index (χ1v) is 10.8. The van der Waals surface area contributed by atoms with E-state index >= 15 is 0 Å². The van der Waals surface area contributed by atoms with Crippen molar-refractivity contribution in [3.05, 3.63) is 0 Å². The molecule has 0 spiro atoms. The third-order valence-electron chi connectivity index (χ3n) is 5.91. The van der Waals surface area contributed by atoms with E-state index in [1.54, 1.807) is 0 Å². The second-order valence-electron chi connectivity index (χ2n) is 8.67. The van der Waals surface area contributed by atoms with Gasteiger partial charge in [-0.3, -0.25) is 20.5 Å². The van der Waals surface area contributed by atoms with Crippen LogP contribution in [0.4, 0.5) is 0 Å². The van der Waals surface area contributed by atoms with E-state index < -0.39 is 0 Å². The molecule has 2 saturated carbocycles. The average Bonchev–Trinajstić information content (AvgIpc) is 3.02. The maximum atomic E-state index is 12.7. The molecule has 4 unspecified atom stereocenters. The van der Waals surface area contributed by atoms with Crippen LogP contribution in [-0.4, -0.2) is 47.2 Å². The summed E-state index contributed by atoms with van der Waals surface area (Å²) in [6.45, 7) is 4.88. The van der Waals surface area contributed by atoms with Gasteiger partial charge in [0.2, 0.25) is 5.91 Å². The normalized spacial score (nSPS) is 37.1. The third kappa shape index (κ3) is 5.79. The first-order valence-electron chi connectivity index (χ1n) is 10.4. The molecule has 0 aromatic carbocycles. The van der Waals surface area contributed by atoms with E-state index in [4.69, 9.17) is 11.6 Å². The zero-order chi connectivity index (χ0) is 19.4. The number of nitrogens with zero attached hydrogens (tertiary/aromatic N) is 1. The predicted octanol–water partition coefficient (Wildman–Crippen LogP) is 1.47. The van der Waals surface area contributed by atoms with Gasteiger partial charge in [0.05, 0.1) is 12.3 Å². The van der Waals surface area contributed by atoms with Crippen LogP contribution in [0.5, 0.6) is 0 Å². The second-order valence-corrected chi connectivity index (χ2v) is 9.29. The molecule has 1 saturated heterocycles. The van der Waals surface area contributed by atoms with Crippen LogP contribution in [-0.2, 0) is 4.79 Å². The van der Waals surface area contributed by atoms with E-state index in [2.05, 4.69) is 40.3 Å². The molecule has 5 N–H and O–H groups in total. The lowest BCUT2D eigenvalue weighted by Crippen LogP contribution is -2.54. The topological polar surface area (TPSA) is 97.8 Å². The minimum atomic E-state index is -0.260. The quantitative estimate of drug-likeness (QED) is 0.280.